The van der Waals surface area contributed by atoms with Crippen LogP contribution in [0.1, 0.15) is 54.3 Å². The number of benzene rings is 1. The Bertz CT molecular complexity index is 450. The van der Waals surface area contributed by atoms with Crippen LogP contribution in [0, 0.1) is 5.92 Å². The molecule has 20 heavy (non-hydrogen) atoms. The maximum atomic E-state index is 11.9. The van der Waals surface area contributed by atoms with Crippen LogP contribution in [-0.2, 0) is 9.47 Å². The van der Waals surface area contributed by atoms with E-state index in [-0.39, 0.29) is 0 Å². The minimum atomic E-state index is -0.429. The molecule has 0 saturated carbocycles. The standard InChI is InChI=1S/C16H22O4/c1-4-12(5-2)11-20-16(18)14-9-7-8-13(10-14)15(17)19-6-3/h7-10,12H,4-6,11H2,1-3H3. The van der Waals surface area contributed by atoms with Crippen molar-refractivity contribution in [3.63, 3.8) is 0 Å². The molecule has 0 radical (unpaired) electrons. The average Bonchev–Trinajstić information content (AvgIpc) is 2.48. The van der Waals surface area contributed by atoms with Gasteiger partial charge in [0.1, 0.15) is 0 Å². The van der Waals surface area contributed by atoms with Gasteiger partial charge in [-0.15, -0.1) is 0 Å². The van der Waals surface area contributed by atoms with Crippen LogP contribution in [0.2, 0.25) is 0 Å². The molecular weight excluding hydrogens is 256 g/mol. The highest BCUT2D eigenvalue weighted by atomic mass is 16.5. The zero-order valence-electron chi connectivity index (χ0n) is 12.3. The maximum absolute atomic E-state index is 11.9. The van der Waals surface area contributed by atoms with Crippen LogP contribution < -0.4 is 0 Å². The Morgan fingerprint density at radius 2 is 1.55 bits per heavy atom. The lowest BCUT2D eigenvalue weighted by atomic mass is 10.1. The van der Waals surface area contributed by atoms with Crippen molar-refractivity contribution in [2.45, 2.75) is 33.6 Å². The molecule has 0 unspecified atom stereocenters. The van der Waals surface area contributed by atoms with Gasteiger partial charge in [0.2, 0.25) is 0 Å². The van der Waals surface area contributed by atoms with Crippen molar-refractivity contribution < 1.29 is 19.1 Å². The minimum Gasteiger partial charge on any atom is -0.462 e. The average molecular weight is 278 g/mol. The van der Waals surface area contributed by atoms with Gasteiger partial charge in [-0.05, 0) is 31.0 Å². The van der Waals surface area contributed by atoms with Crippen molar-refractivity contribution in [2.24, 2.45) is 5.92 Å². The predicted molar refractivity (Wildman–Crippen MR) is 76.8 cm³/mol. The number of hydrogen-bond donors (Lipinski definition) is 0. The molecule has 0 aliphatic carbocycles. The van der Waals surface area contributed by atoms with Gasteiger partial charge < -0.3 is 9.47 Å². The van der Waals surface area contributed by atoms with Gasteiger partial charge in [-0.3, -0.25) is 0 Å². The van der Waals surface area contributed by atoms with Crippen molar-refractivity contribution in [1.29, 1.82) is 0 Å². The molecule has 0 aromatic heterocycles. The first-order valence-corrected chi connectivity index (χ1v) is 7.06. The van der Waals surface area contributed by atoms with E-state index in [9.17, 15) is 9.59 Å². The summed E-state index contributed by atoms with van der Waals surface area (Å²) in [4.78, 5) is 23.5. The molecule has 0 heterocycles. The summed E-state index contributed by atoms with van der Waals surface area (Å²) in [6.45, 7) is 6.61. The molecule has 1 rings (SSSR count). The second-order valence-corrected chi connectivity index (χ2v) is 4.58. The summed E-state index contributed by atoms with van der Waals surface area (Å²) < 4.78 is 10.2. The highest BCUT2D eigenvalue weighted by molar-refractivity contribution is 5.95. The van der Waals surface area contributed by atoms with E-state index in [4.69, 9.17) is 9.47 Å². The Morgan fingerprint density at radius 3 is 2.05 bits per heavy atom. The summed E-state index contributed by atoms with van der Waals surface area (Å²) in [5, 5.41) is 0. The SMILES string of the molecule is CCOC(=O)c1cccc(C(=O)OCC(CC)CC)c1. The molecule has 0 bridgehead atoms. The van der Waals surface area contributed by atoms with Crippen LogP contribution in [0.3, 0.4) is 0 Å². The van der Waals surface area contributed by atoms with E-state index in [0.29, 0.717) is 30.3 Å². The number of hydrogen-bond acceptors (Lipinski definition) is 4. The third kappa shape index (κ3) is 4.68. The second kappa shape index (κ2) is 8.35. The summed E-state index contributed by atoms with van der Waals surface area (Å²) in [5.74, 6) is -0.447. The first-order valence-electron chi connectivity index (χ1n) is 7.06. The van der Waals surface area contributed by atoms with E-state index < -0.39 is 11.9 Å². The molecule has 1 aromatic rings. The van der Waals surface area contributed by atoms with Crippen molar-refractivity contribution in [3.8, 4) is 0 Å². The Hall–Kier alpha value is -1.84. The lowest BCUT2D eigenvalue weighted by molar-refractivity contribution is 0.0433. The molecule has 0 saturated heterocycles. The Kier molecular flexibility index (Phi) is 6.77. The smallest absolute Gasteiger partial charge is 0.338 e. The molecule has 0 amide bonds. The molecule has 110 valence electrons. The van der Waals surface area contributed by atoms with E-state index in [1.165, 1.54) is 6.07 Å². The Morgan fingerprint density at radius 1 is 1.00 bits per heavy atom. The van der Waals surface area contributed by atoms with Gasteiger partial charge in [0.25, 0.3) is 0 Å². The van der Waals surface area contributed by atoms with E-state index >= 15 is 0 Å². The fourth-order valence-electron chi connectivity index (χ4n) is 1.79. The zero-order valence-corrected chi connectivity index (χ0v) is 12.3. The second-order valence-electron chi connectivity index (χ2n) is 4.58. The fraction of sp³-hybridized carbons (Fsp3) is 0.500. The molecule has 0 fully saturated rings. The first kappa shape index (κ1) is 16.2. The van der Waals surface area contributed by atoms with Crippen LogP contribution in [0.15, 0.2) is 24.3 Å². The van der Waals surface area contributed by atoms with Gasteiger partial charge in [-0.25, -0.2) is 9.59 Å². The molecule has 4 heteroatoms. The van der Waals surface area contributed by atoms with E-state index in [1.54, 1.807) is 25.1 Å². The number of esters is 2. The van der Waals surface area contributed by atoms with Crippen molar-refractivity contribution in [3.05, 3.63) is 35.4 Å². The lowest BCUT2D eigenvalue weighted by Crippen LogP contribution is -2.14. The summed E-state index contributed by atoms with van der Waals surface area (Å²) in [5.41, 5.74) is 0.741. The van der Waals surface area contributed by atoms with E-state index in [0.717, 1.165) is 12.8 Å². The summed E-state index contributed by atoms with van der Waals surface area (Å²) in [6, 6.07) is 6.42. The fourth-order valence-corrected chi connectivity index (χ4v) is 1.79. The Balaban J connectivity index is 2.69. The third-order valence-corrected chi connectivity index (χ3v) is 3.21. The van der Waals surface area contributed by atoms with Gasteiger partial charge in [0, 0.05) is 0 Å². The molecule has 0 aliphatic heterocycles. The number of ether oxygens (including phenoxy) is 2. The van der Waals surface area contributed by atoms with Crippen LogP contribution in [0.4, 0.5) is 0 Å². The molecule has 1 aromatic carbocycles. The van der Waals surface area contributed by atoms with Crippen LogP contribution in [0.5, 0.6) is 0 Å². The van der Waals surface area contributed by atoms with Gasteiger partial charge in [-0.1, -0.05) is 32.8 Å². The number of carbonyl (C=O) groups excluding carboxylic acids is 2. The normalized spacial score (nSPS) is 10.4. The third-order valence-electron chi connectivity index (χ3n) is 3.21. The largest absolute Gasteiger partial charge is 0.462 e. The van der Waals surface area contributed by atoms with Gasteiger partial charge >= 0.3 is 11.9 Å². The molecule has 0 spiro atoms. The number of rotatable bonds is 7. The summed E-state index contributed by atoms with van der Waals surface area (Å²) in [7, 11) is 0. The van der Waals surface area contributed by atoms with Crippen LogP contribution in [-0.4, -0.2) is 25.2 Å². The highest BCUT2D eigenvalue weighted by Crippen LogP contribution is 2.12. The van der Waals surface area contributed by atoms with Crippen molar-refractivity contribution in [1.82, 2.24) is 0 Å². The van der Waals surface area contributed by atoms with Gasteiger partial charge in [0.05, 0.1) is 24.3 Å². The van der Waals surface area contributed by atoms with Crippen LogP contribution in [0.25, 0.3) is 0 Å². The minimum absolute atomic E-state index is 0.308. The monoisotopic (exact) mass is 278 g/mol. The summed E-state index contributed by atoms with van der Waals surface area (Å²) >= 11 is 0. The molecule has 4 nitrogen and oxygen atoms in total. The van der Waals surface area contributed by atoms with Crippen molar-refractivity contribution in [2.75, 3.05) is 13.2 Å². The molecular formula is C16H22O4. The highest BCUT2D eigenvalue weighted by Gasteiger charge is 2.13. The predicted octanol–water partition coefficient (Wildman–Crippen LogP) is 3.46. The zero-order chi connectivity index (χ0) is 15.0. The molecule has 0 N–H and O–H groups in total. The maximum Gasteiger partial charge on any atom is 0.338 e. The Labute approximate surface area is 120 Å². The lowest BCUT2D eigenvalue weighted by Gasteiger charge is -2.12. The first-order chi connectivity index (χ1) is 9.62. The van der Waals surface area contributed by atoms with Gasteiger partial charge in [0.15, 0.2) is 0 Å². The molecule has 0 aliphatic rings. The van der Waals surface area contributed by atoms with Gasteiger partial charge in [-0.2, -0.15) is 0 Å². The van der Waals surface area contributed by atoms with E-state index in [2.05, 4.69) is 13.8 Å². The topological polar surface area (TPSA) is 52.6 Å². The number of carbonyl (C=O) groups is 2. The van der Waals surface area contributed by atoms with E-state index in [1.807, 2.05) is 0 Å². The molecule has 0 atom stereocenters. The quantitative estimate of drug-likeness (QED) is 0.717. The van der Waals surface area contributed by atoms with Crippen LogP contribution >= 0.6 is 0 Å². The summed E-state index contributed by atoms with van der Waals surface area (Å²) in [6.07, 6.45) is 1.96. The van der Waals surface area contributed by atoms with Crippen molar-refractivity contribution >= 4 is 11.9 Å².